The highest BCUT2D eigenvalue weighted by molar-refractivity contribution is 8.01. The largest absolute Gasteiger partial charge is 0.325 e. The Balaban J connectivity index is 2.06. The first-order valence-corrected chi connectivity index (χ1v) is 9.02. The Hall–Kier alpha value is -0.610. The highest BCUT2D eigenvalue weighted by Gasteiger charge is 2.33. The van der Waals surface area contributed by atoms with Gasteiger partial charge in [0.2, 0.25) is 5.91 Å². The standard InChI is InChI=1S/C16H23NOS2/c1-12-7-5-6-8-13(12)15-17(14(18)11-19-15)9-10-20-16(2,3)4/h5-8,15H,9-11H2,1-4H3. The van der Waals surface area contributed by atoms with E-state index in [4.69, 9.17) is 0 Å². The Morgan fingerprint density at radius 1 is 1.35 bits per heavy atom. The van der Waals surface area contributed by atoms with Crippen molar-refractivity contribution in [1.82, 2.24) is 4.90 Å². The zero-order chi connectivity index (χ0) is 14.8. The van der Waals surface area contributed by atoms with Crippen LogP contribution in [0.3, 0.4) is 0 Å². The Bertz CT molecular complexity index is 482. The smallest absolute Gasteiger partial charge is 0.233 e. The second-order valence-electron chi connectivity index (χ2n) is 6.07. The molecule has 0 radical (unpaired) electrons. The Morgan fingerprint density at radius 2 is 2.05 bits per heavy atom. The summed E-state index contributed by atoms with van der Waals surface area (Å²) in [6.45, 7) is 9.62. The fourth-order valence-electron chi connectivity index (χ4n) is 2.27. The van der Waals surface area contributed by atoms with Crippen LogP contribution in [-0.4, -0.2) is 33.6 Å². The summed E-state index contributed by atoms with van der Waals surface area (Å²) >= 11 is 3.67. The quantitative estimate of drug-likeness (QED) is 0.835. The van der Waals surface area contributed by atoms with Gasteiger partial charge in [0.05, 0.1) is 5.75 Å². The van der Waals surface area contributed by atoms with Gasteiger partial charge in [-0.1, -0.05) is 45.0 Å². The van der Waals surface area contributed by atoms with E-state index in [-0.39, 0.29) is 16.0 Å². The average molecular weight is 310 g/mol. The van der Waals surface area contributed by atoms with Crippen molar-refractivity contribution in [3.8, 4) is 0 Å². The van der Waals surface area contributed by atoms with Crippen LogP contribution in [0.25, 0.3) is 0 Å². The van der Waals surface area contributed by atoms with E-state index < -0.39 is 0 Å². The summed E-state index contributed by atoms with van der Waals surface area (Å²) < 4.78 is 0.258. The number of carbonyl (C=O) groups excluding carboxylic acids is 1. The Labute approximate surface area is 130 Å². The number of thioether (sulfide) groups is 2. The molecule has 1 amide bonds. The Morgan fingerprint density at radius 3 is 2.70 bits per heavy atom. The molecule has 2 nitrogen and oxygen atoms in total. The lowest BCUT2D eigenvalue weighted by Crippen LogP contribution is -2.31. The van der Waals surface area contributed by atoms with Crippen molar-refractivity contribution in [3.05, 3.63) is 35.4 Å². The molecule has 2 rings (SSSR count). The molecule has 0 aliphatic carbocycles. The van der Waals surface area contributed by atoms with Gasteiger partial charge < -0.3 is 4.90 Å². The molecule has 0 saturated carbocycles. The van der Waals surface area contributed by atoms with Gasteiger partial charge >= 0.3 is 0 Å². The van der Waals surface area contributed by atoms with Crippen LogP contribution in [0.5, 0.6) is 0 Å². The van der Waals surface area contributed by atoms with E-state index in [2.05, 4.69) is 52.0 Å². The zero-order valence-corrected chi connectivity index (χ0v) is 14.3. The first-order chi connectivity index (χ1) is 9.38. The van der Waals surface area contributed by atoms with Crippen molar-refractivity contribution in [2.45, 2.75) is 37.8 Å². The number of nitrogens with zero attached hydrogens (tertiary/aromatic N) is 1. The third-order valence-electron chi connectivity index (χ3n) is 3.29. The van der Waals surface area contributed by atoms with E-state index >= 15 is 0 Å². The second kappa shape index (κ2) is 6.44. The van der Waals surface area contributed by atoms with Crippen molar-refractivity contribution >= 4 is 29.4 Å². The van der Waals surface area contributed by atoms with Gasteiger partial charge in [0.15, 0.2) is 0 Å². The minimum Gasteiger partial charge on any atom is -0.325 e. The SMILES string of the molecule is Cc1ccccc1C1SCC(=O)N1CCSC(C)(C)C. The number of rotatable bonds is 4. The fourth-order valence-corrected chi connectivity index (χ4v) is 4.48. The zero-order valence-electron chi connectivity index (χ0n) is 12.7. The van der Waals surface area contributed by atoms with Crippen molar-refractivity contribution in [2.75, 3.05) is 18.1 Å². The highest BCUT2D eigenvalue weighted by Crippen LogP contribution is 2.40. The van der Waals surface area contributed by atoms with Crippen LogP contribution >= 0.6 is 23.5 Å². The van der Waals surface area contributed by atoms with Gasteiger partial charge in [-0.05, 0) is 18.1 Å². The summed E-state index contributed by atoms with van der Waals surface area (Å²) in [5.74, 6) is 1.88. The summed E-state index contributed by atoms with van der Waals surface area (Å²) in [7, 11) is 0. The van der Waals surface area contributed by atoms with Gasteiger partial charge in [0, 0.05) is 17.0 Å². The minimum absolute atomic E-state index is 0.198. The van der Waals surface area contributed by atoms with Gasteiger partial charge in [-0.15, -0.1) is 11.8 Å². The van der Waals surface area contributed by atoms with E-state index in [1.807, 2.05) is 16.7 Å². The topological polar surface area (TPSA) is 20.3 Å². The number of benzene rings is 1. The lowest BCUT2D eigenvalue weighted by molar-refractivity contribution is -0.127. The first kappa shape index (κ1) is 15.8. The summed E-state index contributed by atoms with van der Waals surface area (Å²) in [6.07, 6.45) is 0. The third kappa shape index (κ3) is 3.95. The van der Waals surface area contributed by atoms with E-state index in [0.29, 0.717) is 5.75 Å². The van der Waals surface area contributed by atoms with Crippen LogP contribution < -0.4 is 0 Å². The van der Waals surface area contributed by atoms with Crippen molar-refractivity contribution in [1.29, 1.82) is 0 Å². The third-order valence-corrected chi connectivity index (χ3v) is 5.78. The molecule has 1 aromatic rings. The summed E-state index contributed by atoms with van der Waals surface area (Å²) in [5, 5.41) is 0.198. The summed E-state index contributed by atoms with van der Waals surface area (Å²) in [5.41, 5.74) is 2.55. The number of hydrogen-bond acceptors (Lipinski definition) is 3. The summed E-state index contributed by atoms with van der Waals surface area (Å²) in [4.78, 5) is 14.2. The number of hydrogen-bond donors (Lipinski definition) is 0. The van der Waals surface area contributed by atoms with E-state index in [1.54, 1.807) is 11.8 Å². The van der Waals surface area contributed by atoms with Gasteiger partial charge in [-0.2, -0.15) is 11.8 Å². The molecule has 0 bridgehead atoms. The molecule has 1 aliphatic heterocycles. The van der Waals surface area contributed by atoms with Crippen LogP contribution in [0, 0.1) is 6.92 Å². The molecule has 1 aliphatic rings. The Kier molecular flexibility index (Phi) is 5.08. The lowest BCUT2D eigenvalue weighted by atomic mass is 10.1. The maximum atomic E-state index is 12.1. The molecular weight excluding hydrogens is 286 g/mol. The van der Waals surface area contributed by atoms with Gasteiger partial charge in [0.1, 0.15) is 5.37 Å². The molecule has 4 heteroatoms. The molecule has 0 N–H and O–H groups in total. The molecule has 20 heavy (non-hydrogen) atoms. The van der Waals surface area contributed by atoms with Gasteiger partial charge in [-0.25, -0.2) is 0 Å². The van der Waals surface area contributed by atoms with Crippen LogP contribution in [0.1, 0.15) is 37.3 Å². The number of aryl methyl sites for hydroxylation is 1. The van der Waals surface area contributed by atoms with E-state index in [1.165, 1.54) is 11.1 Å². The van der Waals surface area contributed by atoms with Crippen LogP contribution in [0.15, 0.2) is 24.3 Å². The van der Waals surface area contributed by atoms with E-state index in [9.17, 15) is 4.79 Å². The predicted molar refractivity (Wildman–Crippen MR) is 90.3 cm³/mol. The molecule has 110 valence electrons. The van der Waals surface area contributed by atoms with E-state index in [0.717, 1.165) is 12.3 Å². The maximum absolute atomic E-state index is 12.1. The second-order valence-corrected chi connectivity index (χ2v) is 9.06. The normalized spacial score (nSPS) is 19.7. The number of amides is 1. The first-order valence-electron chi connectivity index (χ1n) is 6.99. The van der Waals surface area contributed by atoms with Crippen LogP contribution in [-0.2, 0) is 4.79 Å². The molecule has 1 aromatic carbocycles. The van der Waals surface area contributed by atoms with Crippen molar-refractivity contribution < 1.29 is 4.79 Å². The fraction of sp³-hybridized carbons (Fsp3) is 0.562. The van der Waals surface area contributed by atoms with Gasteiger partial charge in [0.25, 0.3) is 0 Å². The maximum Gasteiger partial charge on any atom is 0.233 e. The molecule has 0 spiro atoms. The predicted octanol–water partition coefficient (Wildman–Crippen LogP) is 4.10. The molecule has 1 atom stereocenters. The molecule has 1 heterocycles. The molecule has 1 unspecified atom stereocenters. The van der Waals surface area contributed by atoms with Crippen LogP contribution in [0.2, 0.25) is 0 Å². The molecule has 1 fully saturated rings. The lowest BCUT2D eigenvalue weighted by Gasteiger charge is -2.27. The average Bonchev–Trinajstić information content (AvgIpc) is 2.70. The van der Waals surface area contributed by atoms with Crippen LogP contribution in [0.4, 0.5) is 0 Å². The molecule has 1 saturated heterocycles. The highest BCUT2D eigenvalue weighted by atomic mass is 32.2. The molecular formula is C16H23NOS2. The van der Waals surface area contributed by atoms with Crippen molar-refractivity contribution in [3.63, 3.8) is 0 Å². The van der Waals surface area contributed by atoms with Crippen molar-refractivity contribution in [2.24, 2.45) is 0 Å². The monoisotopic (exact) mass is 309 g/mol. The summed E-state index contributed by atoms with van der Waals surface area (Å²) in [6, 6.07) is 8.39. The minimum atomic E-state index is 0.198. The molecule has 0 aromatic heterocycles. The number of carbonyl (C=O) groups is 1. The van der Waals surface area contributed by atoms with Gasteiger partial charge in [-0.3, -0.25) is 4.79 Å².